The number of furan rings is 1. The molecule has 0 aliphatic rings. The second kappa shape index (κ2) is 5.83. The molecule has 2 heterocycles. The summed E-state index contributed by atoms with van der Waals surface area (Å²) in [5.41, 5.74) is 5.56. The van der Waals surface area contributed by atoms with Crippen molar-refractivity contribution in [3.05, 3.63) is 39.6 Å². The molecule has 0 atom stereocenters. The van der Waals surface area contributed by atoms with Crippen molar-refractivity contribution in [2.45, 2.75) is 17.8 Å². The fourth-order valence-electron chi connectivity index (χ4n) is 1.59. The number of methoxy groups -OCH3 is 1. The Morgan fingerprint density at radius 1 is 1.55 bits per heavy atom. The highest BCUT2D eigenvalue weighted by Crippen LogP contribution is 2.23. The van der Waals surface area contributed by atoms with Crippen LogP contribution in [0, 0.1) is 6.92 Å². The minimum atomic E-state index is -0.446. The third-order valence-electron chi connectivity index (χ3n) is 2.47. The van der Waals surface area contributed by atoms with Crippen molar-refractivity contribution < 1.29 is 13.9 Å². The van der Waals surface area contributed by atoms with E-state index in [1.165, 1.54) is 24.9 Å². The minimum Gasteiger partial charge on any atom is -0.465 e. The van der Waals surface area contributed by atoms with Crippen LogP contribution in [0.4, 0.5) is 5.82 Å². The smallest absolute Gasteiger partial charge is 0.341 e. The molecule has 2 aromatic rings. The van der Waals surface area contributed by atoms with Gasteiger partial charge in [0.15, 0.2) is 5.16 Å². The Kier molecular flexibility index (Phi) is 4.14. The van der Waals surface area contributed by atoms with Crippen LogP contribution in [-0.4, -0.2) is 23.0 Å². The van der Waals surface area contributed by atoms with E-state index in [4.69, 9.17) is 10.2 Å². The first-order valence-electron chi connectivity index (χ1n) is 5.67. The van der Waals surface area contributed by atoms with Crippen LogP contribution in [0.15, 0.2) is 26.5 Å². The number of carbonyl (C=O) groups is 1. The monoisotopic (exact) mass is 295 g/mol. The highest BCUT2D eigenvalue weighted by Gasteiger charge is 2.15. The predicted octanol–water partition coefficient (Wildman–Crippen LogP) is 1.33. The lowest BCUT2D eigenvalue weighted by atomic mass is 10.2. The van der Waals surface area contributed by atoms with Crippen molar-refractivity contribution in [1.82, 2.24) is 9.97 Å². The van der Waals surface area contributed by atoms with Crippen molar-refractivity contribution >= 4 is 23.5 Å². The van der Waals surface area contributed by atoms with Gasteiger partial charge in [0.25, 0.3) is 5.56 Å². The van der Waals surface area contributed by atoms with E-state index in [9.17, 15) is 9.59 Å². The molecule has 0 unspecified atom stereocenters. The summed E-state index contributed by atoms with van der Waals surface area (Å²) in [5.74, 6) is 1.18. The number of ether oxygens (including phenoxy) is 1. The summed E-state index contributed by atoms with van der Waals surface area (Å²) in [6.07, 6.45) is 0. The molecule has 20 heavy (non-hydrogen) atoms. The molecule has 0 saturated heterocycles. The zero-order valence-corrected chi connectivity index (χ0v) is 11.7. The molecule has 0 aromatic carbocycles. The number of H-pyrrole nitrogens is 1. The Labute approximate surface area is 118 Å². The average Bonchev–Trinajstić information content (AvgIpc) is 2.76. The highest BCUT2D eigenvalue weighted by atomic mass is 32.2. The number of anilines is 1. The van der Waals surface area contributed by atoms with E-state index in [2.05, 4.69) is 14.7 Å². The summed E-state index contributed by atoms with van der Waals surface area (Å²) in [6.45, 7) is 1.68. The third kappa shape index (κ3) is 3.21. The molecular formula is C12H13N3O4S. The second-order valence-electron chi connectivity index (χ2n) is 3.94. The number of nitrogens with zero attached hydrogens (tertiary/aromatic N) is 1. The topological polar surface area (TPSA) is 111 Å². The first-order chi connectivity index (χ1) is 9.49. The number of hydrogen-bond acceptors (Lipinski definition) is 7. The van der Waals surface area contributed by atoms with Gasteiger partial charge in [0.1, 0.15) is 22.9 Å². The van der Waals surface area contributed by atoms with Crippen molar-refractivity contribution in [2.24, 2.45) is 0 Å². The number of nitrogens with two attached hydrogens (primary N) is 1. The van der Waals surface area contributed by atoms with Crippen molar-refractivity contribution in [3.8, 4) is 0 Å². The van der Waals surface area contributed by atoms with E-state index in [1.807, 2.05) is 0 Å². The van der Waals surface area contributed by atoms with E-state index >= 15 is 0 Å². The van der Waals surface area contributed by atoms with Gasteiger partial charge in [-0.15, -0.1) is 0 Å². The van der Waals surface area contributed by atoms with Gasteiger partial charge >= 0.3 is 5.97 Å². The van der Waals surface area contributed by atoms with Crippen LogP contribution in [0.2, 0.25) is 0 Å². The zero-order valence-electron chi connectivity index (χ0n) is 10.9. The van der Waals surface area contributed by atoms with E-state index < -0.39 is 5.97 Å². The summed E-state index contributed by atoms with van der Waals surface area (Å²) < 4.78 is 10.1. The lowest BCUT2D eigenvalue weighted by Crippen LogP contribution is -2.09. The van der Waals surface area contributed by atoms with Crippen molar-refractivity contribution in [1.29, 1.82) is 0 Å². The van der Waals surface area contributed by atoms with E-state index in [1.54, 1.807) is 13.0 Å². The molecule has 0 bridgehead atoms. The molecule has 0 spiro atoms. The number of thioether (sulfide) groups is 1. The zero-order chi connectivity index (χ0) is 14.7. The van der Waals surface area contributed by atoms with Gasteiger partial charge in [0, 0.05) is 6.07 Å². The fourth-order valence-corrected chi connectivity index (χ4v) is 2.35. The van der Waals surface area contributed by atoms with E-state index in [0.717, 1.165) is 0 Å². The van der Waals surface area contributed by atoms with E-state index in [-0.39, 0.29) is 11.4 Å². The summed E-state index contributed by atoms with van der Waals surface area (Å²) in [4.78, 5) is 29.2. The Hall–Kier alpha value is -2.22. The fraction of sp³-hybridized carbons (Fsp3) is 0.250. The molecule has 0 aliphatic carbocycles. The number of nitrogens with one attached hydrogen (secondary N) is 1. The Balaban J connectivity index is 2.11. The molecule has 0 amide bonds. The molecule has 0 radical (unpaired) electrons. The summed E-state index contributed by atoms with van der Waals surface area (Å²) in [7, 11) is 1.31. The van der Waals surface area contributed by atoms with Crippen LogP contribution >= 0.6 is 11.8 Å². The molecular weight excluding hydrogens is 282 g/mol. The lowest BCUT2D eigenvalue weighted by molar-refractivity contribution is 0.0599. The van der Waals surface area contributed by atoms with Gasteiger partial charge in [0.2, 0.25) is 0 Å². The van der Waals surface area contributed by atoms with Crippen LogP contribution in [0.1, 0.15) is 21.9 Å². The maximum Gasteiger partial charge on any atom is 0.341 e. The maximum absolute atomic E-state index is 11.4. The van der Waals surface area contributed by atoms with Crippen molar-refractivity contribution in [2.75, 3.05) is 12.8 Å². The van der Waals surface area contributed by atoms with Gasteiger partial charge < -0.3 is 19.9 Å². The number of aromatic amines is 1. The predicted molar refractivity (Wildman–Crippen MR) is 73.6 cm³/mol. The number of rotatable bonds is 4. The van der Waals surface area contributed by atoms with Gasteiger partial charge in [-0.3, -0.25) is 4.79 Å². The standard InChI is InChI=1S/C12H13N3O4S/c1-6-8(11(17)18-2)3-7(19-6)5-20-12-14-9(13)4-10(16)15-12/h3-4H,5H2,1-2H3,(H3,13,14,15,16). The van der Waals surface area contributed by atoms with Gasteiger partial charge in [-0.25, -0.2) is 9.78 Å². The third-order valence-corrected chi connectivity index (χ3v) is 3.36. The van der Waals surface area contributed by atoms with E-state index in [0.29, 0.717) is 28.0 Å². The molecule has 106 valence electrons. The Morgan fingerprint density at radius 2 is 2.30 bits per heavy atom. The molecule has 3 N–H and O–H groups in total. The first-order valence-corrected chi connectivity index (χ1v) is 6.65. The summed E-state index contributed by atoms with van der Waals surface area (Å²) in [6, 6.07) is 2.81. The molecule has 7 nitrogen and oxygen atoms in total. The SMILES string of the molecule is COC(=O)c1cc(CSc2nc(N)cc(=O)[nH]2)oc1C. The lowest BCUT2D eigenvalue weighted by Gasteiger charge is -1.99. The van der Waals surface area contributed by atoms with Gasteiger partial charge in [0.05, 0.1) is 12.9 Å². The number of hydrogen-bond donors (Lipinski definition) is 2. The molecule has 2 rings (SSSR count). The second-order valence-corrected chi connectivity index (χ2v) is 4.90. The van der Waals surface area contributed by atoms with Crippen LogP contribution in [-0.2, 0) is 10.5 Å². The number of aromatic nitrogens is 2. The van der Waals surface area contributed by atoms with Crippen molar-refractivity contribution in [3.63, 3.8) is 0 Å². The van der Waals surface area contributed by atoms with Gasteiger partial charge in [-0.05, 0) is 13.0 Å². The van der Waals surface area contributed by atoms with Crippen LogP contribution in [0.5, 0.6) is 0 Å². The van der Waals surface area contributed by atoms with Gasteiger partial charge in [-0.2, -0.15) is 0 Å². The molecule has 0 fully saturated rings. The minimum absolute atomic E-state index is 0.155. The Morgan fingerprint density at radius 3 is 2.95 bits per heavy atom. The number of aryl methyl sites for hydroxylation is 1. The number of esters is 1. The molecule has 0 aliphatic heterocycles. The highest BCUT2D eigenvalue weighted by molar-refractivity contribution is 7.98. The van der Waals surface area contributed by atoms with Crippen LogP contribution < -0.4 is 11.3 Å². The van der Waals surface area contributed by atoms with Gasteiger partial charge in [-0.1, -0.05) is 11.8 Å². The van der Waals surface area contributed by atoms with Crippen LogP contribution in [0.25, 0.3) is 0 Å². The largest absolute Gasteiger partial charge is 0.465 e. The molecule has 0 saturated carbocycles. The maximum atomic E-state index is 11.4. The molecule has 8 heteroatoms. The first kappa shape index (κ1) is 14.2. The summed E-state index contributed by atoms with van der Waals surface area (Å²) in [5, 5.41) is 0.392. The summed E-state index contributed by atoms with van der Waals surface area (Å²) >= 11 is 1.25. The Bertz CT molecular complexity index is 692. The van der Waals surface area contributed by atoms with Crippen LogP contribution in [0.3, 0.4) is 0 Å². The quantitative estimate of drug-likeness (QED) is 0.497. The number of nitrogen functional groups attached to an aromatic ring is 1. The molecule has 2 aromatic heterocycles. The average molecular weight is 295 g/mol. The number of carbonyl (C=O) groups excluding carboxylic acids is 1. The normalized spacial score (nSPS) is 10.5.